The molecule has 0 fully saturated rings. The third kappa shape index (κ3) is 2.34. The number of rotatable bonds is 2. The van der Waals surface area contributed by atoms with Gasteiger partial charge in [-0.25, -0.2) is 0 Å². The number of carbonyl (C=O) groups is 2. The molecule has 4 nitrogen and oxygen atoms in total. The van der Waals surface area contributed by atoms with E-state index >= 15 is 0 Å². The lowest BCUT2D eigenvalue weighted by Gasteiger charge is -2.16. The minimum atomic E-state index is -0.0158. The van der Waals surface area contributed by atoms with E-state index in [9.17, 15) is 9.59 Å². The Balaban J connectivity index is 2.45. The maximum atomic E-state index is 11.7. The summed E-state index contributed by atoms with van der Waals surface area (Å²) in [6, 6.07) is 5.15. The van der Waals surface area contributed by atoms with Gasteiger partial charge in [-0.05, 0) is 18.2 Å². The third-order valence-corrected chi connectivity index (χ3v) is 3.22. The number of nitrogens with zero attached hydrogens (tertiary/aromatic N) is 1. The number of fused-ring (bicyclic) bond motifs is 1. The highest BCUT2D eigenvalue weighted by Gasteiger charge is 2.21. The standard InChI is InChI=1S/C12H12BrNO3/c1-14-9-6-8(10(15)7-13)2-3-11(9)17-5-4-12(14)16/h2-3,6H,4-5,7H2,1H3. The van der Waals surface area contributed by atoms with Gasteiger partial charge in [0.1, 0.15) is 5.75 Å². The van der Waals surface area contributed by atoms with Gasteiger partial charge < -0.3 is 9.64 Å². The van der Waals surface area contributed by atoms with Crippen molar-refractivity contribution in [3.63, 3.8) is 0 Å². The highest BCUT2D eigenvalue weighted by Crippen LogP contribution is 2.31. The third-order valence-electron chi connectivity index (χ3n) is 2.71. The van der Waals surface area contributed by atoms with Gasteiger partial charge in [-0.1, -0.05) is 15.9 Å². The van der Waals surface area contributed by atoms with Gasteiger partial charge in [0, 0.05) is 12.6 Å². The number of amides is 1. The normalized spacial score (nSPS) is 14.9. The number of hydrogen-bond acceptors (Lipinski definition) is 3. The maximum Gasteiger partial charge on any atom is 0.230 e. The van der Waals surface area contributed by atoms with E-state index in [-0.39, 0.29) is 17.0 Å². The second kappa shape index (κ2) is 4.87. The van der Waals surface area contributed by atoms with Crippen LogP contribution in [-0.4, -0.2) is 30.7 Å². The topological polar surface area (TPSA) is 46.6 Å². The van der Waals surface area contributed by atoms with Crippen molar-refractivity contribution in [1.29, 1.82) is 0 Å². The van der Waals surface area contributed by atoms with E-state index in [4.69, 9.17) is 4.74 Å². The molecule has 1 aromatic rings. The summed E-state index contributed by atoms with van der Waals surface area (Å²) in [5, 5.41) is 0.268. The first-order chi connectivity index (χ1) is 8.13. The van der Waals surface area contributed by atoms with Gasteiger partial charge in [-0.15, -0.1) is 0 Å². The Morgan fingerprint density at radius 1 is 1.53 bits per heavy atom. The average molecular weight is 298 g/mol. The Labute approximate surface area is 108 Å². The molecule has 2 rings (SSSR count). The quantitative estimate of drug-likeness (QED) is 0.620. The molecule has 17 heavy (non-hydrogen) atoms. The summed E-state index contributed by atoms with van der Waals surface area (Å²) in [5.74, 6) is 0.620. The summed E-state index contributed by atoms with van der Waals surface area (Å²) in [7, 11) is 1.69. The van der Waals surface area contributed by atoms with E-state index in [1.165, 1.54) is 4.90 Å². The summed E-state index contributed by atoms with van der Waals surface area (Å²) in [4.78, 5) is 24.8. The van der Waals surface area contributed by atoms with Crippen LogP contribution in [0.3, 0.4) is 0 Å². The molecule has 5 heteroatoms. The molecule has 0 bridgehead atoms. The Bertz CT molecular complexity index is 473. The first-order valence-electron chi connectivity index (χ1n) is 5.26. The molecule has 0 aromatic heterocycles. The molecule has 0 saturated heterocycles. The molecule has 0 unspecified atom stereocenters. The SMILES string of the molecule is CN1C(=O)CCOc2ccc(C(=O)CBr)cc21. The molecule has 0 saturated carbocycles. The van der Waals surface area contributed by atoms with E-state index < -0.39 is 0 Å². The Kier molecular flexibility index (Phi) is 3.47. The van der Waals surface area contributed by atoms with Gasteiger partial charge in [-0.3, -0.25) is 9.59 Å². The van der Waals surface area contributed by atoms with Crippen LogP contribution in [0.25, 0.3) is 0 Å². The predicted molar refractivity (Wildman–Crippen MR) is 68.1 cm³/mol. The minimum Gasteiger partial charge on any atom is -0.491 e. The van der Waals surface area contributed by atoms with E-state index in [2.05, 4.69) is 15.9 Å². The summed E-state index contributed by atoms with van der Waals surface area (Å²) < 4.78 is 5.47. The van der Waals surface area contributed by atoms with Crippen LogP contribution >= 0.6 is 15.9 Å². The fraction of sp³-hybridized carbons (Fsp3) is 0.333. The van der Waals surface area contributed by atoms with Crippen LogP contribution in [0.2, 0.25) is 0 Å². The molecule has 90 valence electrons. The fourth-order valence-electron chi connectivity index (χ4n) is 1.70. The highest BCUT2D eigenvalue weighted by molar-refractivity contribution is 9.09. The molecule has 0 aliphatic carbocycles. The minimum absolute atomic E-state index is 0.00723. The van der Waals surface area contributed by atoms with Crippen LogP contribution in [0.15, 0.2) is 18.2 Å². The van der Waals surface area contributed by atoms with Crippen LogP contribution in [0.5, 0.6) is 5.75 Å². The zero-order chi connectivity index (χ0) is 12.4. The number of benzene rings is 1. The van der Waals surface area contributed by atoms with Gasteiger partial charge in [-0.2, -0.15) is 0 Å². The van der Waals surface area contributed by atoms with Crippen molar-refractivity contribution in [3.8, 4) is 5.75 Å². The smallest absolute Gasteiger partial charge is 0.230 e. The Morgan fingerprint density at radius 3 is 3.00 bits per heavy atom. The van der Waals surface area contributed by atoms with Crippen molar-refractivity contribution < 1.29 is 14.3 Å². The number of Topliss-reactive ketones (excluding diaryl/α,β-unsaturated/α-hetero) is 1. The van der Waals surface area contributed by atoms with Gasteiger partial charge in [0.2, 0.25) is 5.91 Å². The first kappa shape index (κ1) is 12.1. The molecule has 0 atom stereocenters. The second-order valence-electron chi connectivity index (χ2n) is 3.79. The molecule has 1 aromatic carbocycles. The average Bonchev–Trinajstić information content (AvgIpc) is 2.49. The van der Waals surface area contributed by atoms with Crippen molar-refractivity contribution in [2.24, 2.45) is 0 Å². The van der Waals surface area contributed by atoms with Crippen molar-refractivity contribution in [2.45, 2.75) is 6.42 Å². The van der Waals surface area contributed by atoms with Crippen molar-refractivity contribution in [1.82, 2.24) is 0 Å². The van der Waals surface area contributed by atoms with Crippen LogP contribution in [0, 0.1) is 0 Å². The van der Waals surface area contributed by atoms with Gasteiger partial charge >= 0.3 is 0 Å². The van der Waals surface area contributed by atoms with Gasteiger partial charge in [0.25, 0.3) is 0 Å². The molecule has 0 N–H and O–H groups in total. The number of anilines is 1. The number of carbonyl (C=O) groups excluding carboxylic acids is 2. The molecular weight excluding hydrogens is 286 g/mol. The second-order valence-corrected chi connectivity index (χ2v) is 4.35. The van der Waals surface area contributed by atoms with Gasteiger partial charge in [0.15, 0.2) is 5.78 Å². The summed E-state index contributed by atoms with van der Waals surface area (Å²) in [6.07, 6.45) is 0.354. The highest BCUT2D eigenvalue weighted by atomic mass is 79.9. The summed E-state index contributed by atoms with van der Waals surface area (Å²) in [6.45, 7) is 0.377. The predicted octanol–water partition coefficient (Wildman–Crippen LogP) is 2.01. The van der Waals surface area contributed by atoms with E-state index in [1.807, 2.05) is 0 Å². The number of hydrogen-bond donors (Lipinski definition) is 0. The zero-order valence-electron chi connectivity index (χ0n) is 9.40. The van der Waals surface area contributed by atoms with Crippen LogP contribution in [0.1, 0.15) is 16.8 Å². The molecule has 1 amide bonds. The lowest BCUT2D eigenvalue weighted by atomic mass is 10.1. The Morgan fingerprint density at radius 2 is 2.29 bits per heavy atom. The maximum absolute atomic E-state index is 11.7. The number of ether oxygens (including phenoxy) is 1. The van der Waals surface area contributed by atoms with Crippen molar-refractivity contribution in [2.75, 3.05) is 23.9 Å². The van der Waals surface area contributed by atoms with Crippen LogP contribution < -0.4 is 9.64 Å². The largest absolute Gasteiger partial charge is 0.491 e. The lowest BCUT2D eigenvalue weighted by Crippen LogP contribution is -2.25. The molecule has 1 heterocycles. The first-order valence-corrected chi connectivity index (χ1v) is 6.38. The number of halogens is 1. The van der Waals surface area contributed by atoms with E-state index in [0.29, 0.717) is 30.0 Å². The molecular formula is C12H12BrNO3. The zero-order valence-corrected chi connectivity index (χ0v) is 11.0. The number of alkyl halides is 1. The van der Waals surface area contributed by atoms with E-state index in [1.54, 1.807) is 25.2 Å². The molecule has 0 spiro atoms. The fourth-order valence-corrected chi connectivity index (χ4v) is 2.03. The van der Waals surface area contributed by atoms with Crippen LogP contribution in [0.4, 0.5) is 5.69 Å². The van der Waals surface area contributed by atoms with Crippen molar-refractivity contribution in [3.05, 3.63) is 23.8 Å². The number of ketones is 1. The molecule has 1 aliphatic heterocycles. The lowest BCUT2D eigenvalue weighted by molar-refractivity contribution is -0.118. The molecule has 1 aliphatic rings. The summed E-state index contributed by atoms with van der Waals surface area (Å²) in [5.41, 5.74) is 1.23. The van der Waals surface area contributed by atoms with Crippen LogP contribution in [-0.2, 0) is 4.79 Å². The van der Waals surface area contributed by atoms with E-state index in [0.717, 1.165) is 0 Å². The Hall–Kier alpha value is -1.36. The van der Waals surface area contributed by atoms with Gasteiger partial charge in [0.05, 0.1) is 24.0 Å². The molecule has 0 radical (unpaired) electrons. The van der Waals surface area contributed by atoms with Crippen molar-refractivity contribution >= 4 is 33.3 Å². The monoisotopic (exact) mass is 297 g/mol. The summed E-state index contributed by atoms with van der Waals surface area (Å²) >= 11 is 3.13.